The van der Waals surface area contributed by atoms with Crippen LogP contribution in [0.25, 0.3) is 90.9 Å². The van der Waals surface area contributed by atoms with E-state index in [0.717, 1.165) is 89.4 Å². The van der Waals surface area contributed by atoms with E-state index in [9.17, 15) is 0 Å². The van der Waals surface area contributed by atoms with E-state index >= 15 is 0 Å². The van der Waals surface area contributed by atoms with E-state index in [-0.39, 0.29) is 16.8 Å². The molecule has 0 N–H and O–H groups in total. The summed E-state index contributed by atoms with van der Waals surface area (Å²) in [6.07, 6.45) is 8.13. The molecular weight excluding hydrogens is 785 g/mol. The summed E-state index contributed by atoms with van der Waals surface area (Å²) in [6, 6.07) is 39.2. The number of halogens is 4. The van der Waals surface area contributed by atoms with Crippen molar-refractivity contribution >= 4 is 92.8 Å². The van der Waals surface area contributed by atoms with Crippen molar-refractivity contribution in [3.63, 3.8) is 0 Å². The molecule has 53 heavy (non-hydrogen) atoms. The molecule has 9 heteroatoms. The van der Waals surface area contributed by atoms with Crippen LogP contribution in [-0.2, 0) is 16.8 Å². The van der Waals surface area contributed by atoms with Gasteiger partial charge >= 0.3 is 16.8 Å². The first-order valence-corrected chi connectivity index (χ1v) is 18.0. The molecule has 4 aromatic carbocycles. The van der Waals surface area contributed by atoms with E-state index in [0.29, 0.717) is 20.1 Å². The molecule has 0 atom stereocenters. The Morgan fingerprint density at radius 1 is 0.302 bits per heavy atom. The zero-order valence-electron chi connectivity index (χ0n) is 27.5. The Balaban J connectivity index is 0.00000400. The average Bonchev–Trinajstić information content (AvgIpc) is 3.99. The van der Waals surface area contributed by atoms with E-state index in [1.165, 1.54) is 0 Å². The van der Waals surface area contributed by atoms with E-state index in [2.05, 4.69) is 0 Å². The number of hydrogen-bond acceptors (Lipinski definition) is 2. The van der Waals surface area contributed by atoms with Gasteiger partial charge in [-0.25, -0.2) is 9.97 Å². The van der Waals surface area contributed by atoms with Crippen molar-refractivity contribution in [3.05, 3.63) is 164 Å². The fraction of sp³-hybridized carbons (Fsp3) is 0. The van der Waals surface area contributed by atoms with Gasteiger partial charge in [-0.3, -0.25) is 0 Å². The number of benzene rings is 4. The van der Waals surface area contributed by atoms with Crippen LogP contribution in [0.4, 0.5) is 0 Å². The molecule has 0 amide bonds. The van der Waals surface area contributed by atoms with Gasteiger partial charge in [0.25, 0.3) is 0 Å². The van der Waals surface area contributed by atoms with E-state index in [1.54, 1.807) is 0 Å². The van der Waals surface area contributed by atoms with Gasteiger partial charge in [0.15, 0.2) is 0 Å². The standard InChI is InChI=1S/C44H24Cl4N4.Co/c45-29-9-1-25(2-10-29)41-33-17-19-35(49-33)42(26-3-11-30(46)12-4-26)37-21-23-39(51-37)44(28-7-15-32(48)16-8-28)40-24-22-38(52-40)43(36-20-18-34(41)50-36)27-5-13-31(47)14-6-27;/h1-24H;/q-2;+2. The Kier molecular flexibility index (Phi) is 9.64. The van der Waals surface area contributed by atoms with Gasteiger partial charge in [-0.2, -0.15) is 0 Å². The van der Waals surface area contributed by atoms with Crippen LogP contribution in [0.1, 0.15) is 22.8 Å². The number of fused-ring (bicyclic) bond motifs is 8. The van der Waals surface area contributed by atoms with Crippen LogP contribution in [0, 0.1) is 0 Å². The molecule has 0 aliphatic carbocycles. The third-order valence-electron chi connectivity index (χ3n) is 9.14. The second kappa shape index (κ2) is 14.5. The zero-order valence-corrected chi connectivity index (χ0v) is 31.6. The Hall–Kier alpha value is -4.85. The van der Waals surface area contributed by atoms with Crippen LogP contribution in [0.15, 0.2) is 121 Å². The molecule has 257 valence electrons. The SMILES string of the molecule is Clc1ccc(-c2c3nc(c(-c4ccc(Cl)cc4)c4ccc([n-]4)c(-c4ccc(Cl)cc4)c4nc(c(-c5ccc(Cl)cc5)c5ccc2[n-]5)C=C4)C=C3)cc1.[Co+2]. The Labute approximate surface area is 336 Å². The molecule has 3 aromatic heterocycles. The van der Waals surface area contributed by atoms with Crippen LogP contribution in [0.2, 0.25) is 20.1 Å². The monoisotopic (exact) mass is 807 g/mol. The third-order valence-corrected chi connectivity index (χ3v) is 10.1. The maximum absolute atomic E-state index is 6.36. The summed E-state index contributed by atoms with van der Waals surface area (Å²) in [4.78, 5) is 21.1. The quantitative estimate of drug-likeness (QED) is 0.178. The fourth-order valence-corrected chi connectivity index (χ4v) is 7.24. The van der Waals surface area contributed by atoms with Crippen molar-refractivity contribution in [2.45, 2.75) is 0 Å². The maximum Gasteiger partial charge on any atom is 2.00 e. The van der Waals surface area contributed by atoms with Crippen molar-refractivity contribution < 1.29 is 16.8 Å². The largest absolute Gasteiger partial charge is 2.00 e. The molecular formula is C44H24Cl4CoN4. The number of hydrogen-bond donors (Lipinski definition) is 0. The minimum atomic E-state index is 0. The van der Waals surface area contributed by atoms with Gasteiger partial charge in [0, 0.05) is 20.1 Å². The van der Waals surface area contributed by atoms with Crippen molar-refractivity contribution in [3.8, 4) is 44.5 Å². The Morgan fingerprint density at radius 2 is 0.509 bits per heavy atom. The van der Waals surface area contributed by atoms with Crippen molar-refractivity contribution in [2.75, 3.05) is 0 Å². The Bertz CT molecular complexity index is 2370. The van der Waals surface area contributed by atoms with Crippen molar-refractivity contribution in [1.29, 1.82) is 0 Å². The summed E-state index contributed by atoms with van der Waals surface area (Å²) < 4.78 is 0. The molecule has 0 saturated carbocycles. The second-order valence-electron chi connectivity index (χ2n) is 12.4. The van der Waals surface area contributed by atoms with Gasteiger partial charge in [0.2, 0.25) is 0 Å². The van der Waals surface area contributed by atoms with Gasteiger partial charge in [0.05, 0.1) is 22.8 Å². The van der Waals surface area contributed by atoms with Crippen molar-refractivity contribution in [1.82, 2.24) is 19.9 Å². The van der Waals surface area contributed by atoms with Crippen LogP contribution in [0.3, 0.4) is 0 Å². The van der Waals surface area contributed by atoms with Crippen molar-refractivity contribution in [2.24, 2.45) is 0 Å². The number of rotatable bonds is 4. The zero-order chi connectivity index (χ0) is 35.3. The van der Waals surface area contributed by atoms with Crippen LogP contribution < -0.4 is 9.97 Å². The predicted octanol–water partition coefficient (Wildman–Crippen LogP) is 13.2. The van der Waals surface area contributed by atoms with E-state index in [1.807, 2.05) is 146 Å². The minimum Gasteiger partial charge on any atom is -0.657 e. The van der Waals surface area contributed by atoms with Crippen LogP contribution >= 0.6 is 46.4 Å². The topological polar surface area (TPSA) is 54.0 Å². The normalized spacial score (nSPS) is 11.8. The molecule has 0 saturated heterocycles. The first kappa shape index (κ1) is 35.2. The van der Waals surface area contributed by atoms with E-state index < -0.39 is 0 Å². The van der Waals surface area contributed by atoms with Gasteiger partial charge < -0.3 is 9.97 Å². The summed E-state index contributed by atoms with van der Waals surface area (Å²) in [5.41, 5.74) is 13.4. The van der Waals surface area contributed by atoms with Gasteiger partial charge in [-0.1, -0.05) is 119 Å². The molecule has 0 fully saturated rings. The molecule has 1 radical (unpaired) electrons. The average molecular weight is 809 g/mol. The molecule has 4 nitrogen and oxygen atoms in total. The summed E-state index contributed by atoms with van der Waals surface area (Å²) >= 11 is 25.4. The van der Waals surface area contributed by atoms with Gasteiger partial charge in [0.1, 0.15) is 0 Å². The smallest absolute Gasteiger partial charge is 0.657 e. The van der Waals surface area contributed by atoms with Gasteiger partial charge in [-0.15, -0.1) is 22.1 Å². The molecule has 2 aliphatic heterocycles. The molecule has 0 unspecified atom stereocenters. The molecule has 8 bridgehead atoms. The Morgan fingerprint density at radius 3 is 0.717 bits per heavy atom. The summed E-state index contributed by atoms with van der Waals surface area (Å²) in [5, 5.41) is 2.58. The fourth-order valence-electron chi connectivity index (χ4n) is 6.74. The molecule has 9 rings (SSSR count). The first-order chi connectivity index (χ1) is 25.4. The predicted molar refractivity (Wildman–Crippen MR) is 219 cm³/mol. The molecule has 7 aromatic rings. The molecule has 5 heterocycles. The number of aromatic nitrogens is 4. The van der Waals surface area contributed by atoms with Gasteiger partial charge in [-0.05, 0) is 117 Å². The maximum atomic E-state index is 6.36. The van der Waals surface area contributed by atoms with Crippen LogP contribution in [-0.4, -0.2) is 9.97 Å². The minimum absolute atomic E-state index is 0. The van der Waals surface area contributed by atoms with E-state index in [4.69, 9.17) is 66.3 Å². The summed E-state index contributed by atoms with van der Waals surface area (Å²) in [6.45, 7) is 0. The third kappa shape index (κ3) is 6.77. The first-order valence-electron chi connectivity index (χ1n) is 16.5. The second-order valence-corrected chi connectivity index (χ2v) is 14.1. The number of nitrogens with zero attached hydrogens (tertiary/aromatic N) is 4. The summed E-state index contributed by atoms with van der Waals surface area (Å²) in [5.74, 6) is 0. The molecule has 0 spiro atoms. The van der Waals surface area contributed by atoms with Crippen LogP contribution in [0.5, 0.6) is 0 Å². The molecule has 2 aliphatic rings. The summed E-state index contributed by atoms with van der Waals surface area (Å²) in [7, 11) is 0.